The van der Waals surface area contributed by atoms with E-state index in [4.69, 9.17) is 11.6 Å². The minimum Gasteiger partial charge on any atom is -0.332 e. The van der Waals surface area contributed by atoms with Gasteiger partial charge in [0.05, 0.1) is 16.6 Å². The van der Waals surface area contributed by atoms with E-state index in [-0.39, 0.29) is 23.0 Å². The Morgan fingerprint density at radius 1 is 1.22 bits per heavy atom. The topological polar surface area (TPSA) is 38.1 Å². The summed E-state index contributed by atoms with van der Waals surface area (Å²) in [5, 5.41) is 4.52. The zero-order chi connectivity index (χ0) is 16.0. The second-order valence-electron chi connectivity index (χ2n) is 6.33. The summed E-state index contributed by atoms with van der Waals surface area (Å²) in [7, 11) is 0. The van der Waals surface area contributed by atoms with Crippen molar-refractivity contribution in [2.24, 2.45) is 0 Å². The Hall–Kier alpha value is -1.88. The second-order valence-corrected chi connectivity index (χ2v) is 6.74. The van der Waals surface area contributed by atoms with Crippen molar-refractivity contribution in [2.75, 3.05) is 0 Å². The van der Waals surface area contributed by atoms with Crippen molar-refractivity contribution in [3.63, 3.8) is 0 Å². The molecule has 1 aromatic carbocycles. The number of carbonyl (C=O) groups excluding carboxylic acids is 1. The first-order valence-corrected chi connectivity index (χ1v) is 8.28. The average molecular weight is 334 g/mol. The van der Waals surface area contributed by atoms with Crippen molar-refractivity contribution in [3.05, 3.63) is 53.1 Å². The number of hydrogen-bond acceptors (Lipinski definition) is 2. The van der Waals surface area contributed by atoms with Gasteiger partial charge >= 0.3 is 0 Å². The summed E-state index contributed by atoms with van der Waals surface area (Å²) >= 11 is 6.07. The maximum Gasteiger partial charge on any atom is 0.255 e. The molecule has 0 radical (unpaired) electrons. The molecule has 0 aliphatic carbocycles. The summed E-state index contributed by atoms with van der Waals surface area (Å²) in [6.45, 7) is 0. The smallest absolute Gasteiger partial charge is 0.255 e. The molecule has 0 saturated carbocycles. The minimum absolute atomic E-state index is 0.0820. The molecule has 2 aliphatic heterocycles. The van der Waals surface area contributed by atoms with Gasteiger partial charge in [-0.05, 0) is 49.9 Å². The van der Waals surface area contributed by atoms with Gasteiger partial charge in [0.2, 0.25) is 0 Å². The van der Waals surface area contributed by atoms with E-state index in [0.29, 0.717) is 11.6 Å². The highest BCUT2D eigenvalue weighted by Crippen LogP contribution is 2.41. The van der Waals surface area contributed by atoms with Gasteiger partial charge in [0.15, 0.2) is 0 Å². The van der Waals surface area contributed by atoms with E-state index in [2.05, 4.69) is 5.10 Å². The highest BCUT2D eigenvalue weighted by Gasteiger charge is 2.44. The van der Waals surface area contributed by atoms with Crippen LogP contribution in [0.15, 0.2) is 36.7 Å². The van der Waals surface area contributed by atoms with Crippen LogP contribution in [0.1, 0.15) is 42.1 Å². The van der Waals surface area contributed by atoms with Crippen LogP contribution in [-0.4, -0.2) is 32.7 Å². The van der Waals surface area contributed by atoms with Gasteiger partial charge in [0.1, 0.15) is 5.82 Å². The zero-order valence-corrected chi connectivity index (χ0v) is 13.3. The maximum atomic E-state index is 13.2. The number of nitrogens with zero attached hydrogens (tertiary/aromatic N) is 3. The largest absolute Gasteiger partial charge is 0.332 e. The van der Waals surface area contributed by atoms with Gasteiger partial charge in [-0.1, -0.05) is 11.6 Å². The molecule has 3 heterocycles. The molecule has 1 amide bonds. The molecule has 2 fully saturated rings. The fraction of sp³-hybridized carbons (Fsp3) is 0.412. The van der Waals surface area contributed by atoms with Crippen LogP contribution in [0.4, 0.5) is 4.39 Å². The molecule has 2 atom stereocenters. The number of fused-ring (bicyclic) bond motifs is 2. The Morgan fingerprint density at radius 2 is 1.96 bits per heavy atom. The van der Waals surface area contributed by atoms with E-state index in [1.807, 2.05) is 21.8 Å². The lowest BCUT2D eigenvalue weighted by molar-refractivity contribution is 0.0524. The molecule has 2 aliphatic rings. The van der Waals surface area contributed by atoms with Gasteiger partial charge in [-0.15, -0.1) is 0 Å². The van der Waals surface area contributed by atoms with Crippen molar-refractivity contribution in [1.29, 1.82) is 0 Å². The van der Waals surface area contributed by atoms with E-state index in [0.717, 1.165) is 25.7 Å². The third kappa shape index (κ3) is 2.53. The van der Waals surface area contributed by atoms with Crippen molar-refractivity contribution < 1.29 is 9.18 Å². The number of hydrogen-bond donors (Lipinski definition) is 0. The number of amides is 1. The van der Waals surface area contributed by atoms with Crippen molar-refractivity contribution in [3.8, 4) is 0 Å². The number of aromatic nitrogens is 2. The Balaban J connectivity index is 1.58. The fourth-order valence-electron chi connectivity index (χ4n) is 3.99. The molecule has 0 spiro atoms. The van der Waals surface area contributed by atoms with Crippen LogP contribution < -0.4 is 0 Å². The SMILES string of the molecule is O=C(c1ccc(F)cc1Cl)N1C2CCC1CC(n1cccn1)C2. The minimum atomic E-state index is -0.424. The van der Waals surface area contributed by atoms with Gasteiger partial charge in [0, 0.05) is 24.5 Å². The monoisotopic (exact) mass is 333 g/mol. The van der Waals surface area contributed by atoms with E-state index in [9.17, 15) is 9.18 Å². The summed E-state index contributed by atoms with van der Waals surface area (Å²) in [6.07, 6.45) is 7.60. The van der Waals surface area contributed by atoms with Crippen molar-refractivity contribution in [2.45, 2.75) is 43.8 Å². The Labute approximate surface area is 138 Å². The molecule has 4 rings (SSSR count). The zero-order valence-electron chi connectivity index (χ0n) is 12.5. The molecule has 2 aromatic rings. The number of benzene rings is 1. The van der Waals surface area contributed by atoms with Crippen LogP contribution in [0, 0.1) is 5.82 Å². The first-order valence-electron chi connectivity index (χ1n) is 7.90. The molecule has 2 bridgehead atoms. The van der Waals surface area contributed by atoms with Crippen LogP contribution in [0.3, 0.4) is 0 Å². The Bertz CT molecular complexity index is 719. The predicted octanol–water partition coefficient (Wildman–Crippen LogP) is 3.68. The third-order valence-corrected chi connectivity index (χ3v) is 5.32. The van der Waals surface area contributed by atoms with Crippen LogP contribution >= 0.6 is 11.6 Å². The lowest BCUT2D eigenvalue weighted by atomic mass is 9.96. The summed E-state index contributed by atoms with van der Waals surface area (Å²) in [5.74, 6) is -0.506. The molecule has 2 saturated heterocycles. The van der Waals surface area contributed by atoms with E-state index < -0.39 is 5.82 Å². The van der Waals surface area contributed by atoms with Crippen LogP contribution in [-0.2, 0) is 0 Å². The average Bonchev–Trinajstić information content (AvgIpc) is 3.13. The first kappa shape index (κ1) is 14.7. The molecule has 2 unspecified atom stereocenters. The first-order chi connectivity index (χ1) is 11.1. The summed E-state index contributed by atoms with van der Waals surface area (Å²) < 4.78 is 15.2. The summed E-state index contributed by atoms with van der Waals surface area (Å²) in [4.78, 5) is 14.8. The van der Waals surface area contributed by atoms with Gasteiger partial charge in [-0.2, -0.15) is 5.10 Å². The molecular weight excluding hydrogens is 317 g/mol. The highest BCUT2D eigenvalue weighted by molar-refractivity contribution is 6.33. The van der Waals surface area contributed by atoms with Crippen LogP contribution in [0.2, 0.25) is 5.02 Å². The maximum absolute atomic E-state index is 13.2. The summed E-state index contributed by atoms with van der Waals surface area (Å²) in [6, 6.07) is 6.66. The predicted molar refractivity (Wildman–Crippen MR) is 84.9 cm³/mol. The van der Waals surface area contributed by atoms with Crippen molar-refractivity contribution in [1.82, 2.24) is 14.7 Å². The molecule has 1 aromatic heterocycles. The molecule has 0 N–H and O–H groups in total. The number of rotatable bonds is 2. The van der Waals surface area contributed by atoms with Crippen molar-refractivity contribution >= 4 is 17.5 Å². The quantitative estimate of drug-likeness (QED) is 0.840. The lowest BCUT2D eigenvalue weighted by Gasteiger charge is -2.39. The Morgan fingerprint density at radius 3 is 2.57 bits per heavy atom. The van der Waals surface area contributed by atoms with Gasteiger partial charge < -0.3 is 4.90 Å². The highest BCUT2D eigenvalue weighted by atomic mass is 35.5. The lowest BCUT2D eigenvalue weighted by Crippen LogP contribution is -2.47. The number of piperidine rings is 1. The summed E-state index contributed by atoms with van der Waals surface area (Å²) in [5.41, 5.74) is 0.391. The van der Waals surface area contributed by atoms with Crippen LogP contribution in [0.25, 0.3) is 0 Å². The van der Waals surface area contributed by atoms with E-state index in [1.165, 1.54) is 18.2 Å². The van der Waals surface area contributed by atoms with Gasteiger partial charge in [-0.3, -0.25) is 9.48 Å². The molecule has 23 heavy (non-hydrogen) atoms. The Kier molecular flexibility index (Phi) is 3.60. The molecule has 6 heteroatoms. The second kappa shape index (κ2) is 5.64. The number of halogens is 2. The van der Waals surface area contributed by atoms with Crippen LogP contribution in [0.5, 0.6) is 0 Å². The molecule has 4 nitrogen and oxygen atoms in total. The standard InChI is InChI=1S/C17H17ClFN3O/c18-16-8-11(19)2-5-15(16)17(23)22-12-3-4-13(22)10-14(9-12)21-7-1-6-20-21/h1-2,5-8,12-14H,3-4,9-10H2. The fourth-order valence-corrected chi connectivity index (χ4v) is 4.24. The normalized spacial score (nSPS) is 26.5. The number of carbonyl (C=O) groups is 1. The molecular formula is C17H17ClFN3O. The van der Waals surface area contributed by atoms with Gasteiger partial charge in [-0.25, -0.2) is 4.39 Å². The van der Waals surface area contributed by atoms with E-state index in [1.54, 1.807) is 6.20 Å². The van der Waals surface area contributed by atoms with Gasteiger partial charge in [0.25, 0.3) is 5.91 Å². The third-order valence-electron chi connectivity index (χ3n) is 5.00. The molecule has 120 valence electrons. The van der Waals surface area contributed by atoms with E-state index >= 15 is 0 Å².